The van der Waals surface area contributed by atoms with Gasteiger partial charge in [-0.1, -0.05) is 18.9 Å². The third kappa shape index (κ3) is 4.65. The predicted molar refractivity (Wildman–Crippen MR) is 49.4 cm³/mol. The van der Waals surface area contributed by atoms with E-state index >= 15 is 0 Å². The van der Waals surface area contributed by atoms with Crippen LogP contribution in [0.2, 0.25) is 0 Å². The molecule has 0 N–H and O–H groups in total. The summed E-state index contributed by atoms with van der Waals surface area (Å²) in [6.07, 6.45) is 6.41. The number of rotatable bonds is 4. The monoisotopic (exact) mass is 154 g/mol. The van der Waals surface area contributed by atoms with Gasteiger partial charge >= 0.3 is 0 Å². The summed E-state index contributed by atoms with van der Waals surface area (Å²) in [6, 6.07) is 0. The molecule has 0 spiro atoms. The van der Waals surface area contributed by atoms with Crippen molar-refractivity contribution in [3.8, 4) is 0 Å². The van der Waals surface area contributed by atoms with Gasteiger partial charge in [-0.15, -0.1) is 0 Å². The van der Waals surface area contributed by atoms with E-state index in [-0.39, 0.29) is 0 Å². The van der Waals surface area contributed by atoms with E-state index in [4.69, 9.17) is 4.74 Å². The van der Waals surface area contributed by atoms with Gasteiger partial charge in [0.15, 0.2) is 0 Å². The molecule has 0 aromatic carbocycles. The number of allylic oxidation sites excluding steroid dienone is 3. The lowest BCUT2D eigenvalue weighted by atomic mass is 10.1. The summed E-state index contributed by atoms with van der Waals surface area (Å²) in [6.45, 7) is 6.29. The highest BCUT2D eigenvalue weighted by Crippen LogP contribution is 2.07. The molecule has 0 aliphatic heterocycles. The van der Waals surface area contributed by atoms with Crippen molar-refractivity contribution in [2.45, 2.75) is 33.6 Å². The van der Waals surface area contributed by atoms with E-state index in [0.29, 0.717) is 0 Å². The van der Waals surface area contributed by atoms with Crippen molar-refractivity contribution in [1.29, 1.82) is 0 Å². The van der Waals surface area contributed by atoms with Crippen molar-refractivity contribution in [3.05, 3.63) is 23.5 Å². The van der Waals surface area contributed by atoms with Gasteiger partial charge in [-0.2, -0.15) is 0 Å². The van der Waals surface area contributed by atoms with Gasteiger partial charge in [-0.3, -0.25) is 0 Å². The molecule has 0 aliphatic carbocycles. The van der Waals surface area contributed by atoms with Crippen LogP contribution in [-0.2, 0) is 4.74 Å². The van der Waals surface area contributed by atoms with Crippen LogP contribution in [0.3, 0.4) is 0 Å². The zero-order valence-corrected chi connectivity index (χ0v) is 7.98. The van der Waals surface area contributed by atoms with Gasteiger partial charge in [0.2, 0.25) is 0 Å². The summed E-state index contributed by atoms with van der Waals surface area (Å²) < 4.78 is 5.10. The molecule has 11 heavy (non-hydrogen) atoms. The largest absolute Gasteiger partial charge is 0.497 e. The van der Waals surface area contributed by atoms with Gasteiger partial charge in [0, 0.05) is 0 Å². The molecule has 0 saturated carbocycles. The molecule has 0 atom stereocenters. The first-order valence-electron chi connectivity index (χ1n) is 4.12. The Hall–Kier alpha value is -0.720. The van der Waals surface area contributed by atoms with Crippen LogP contribution in [0.1, 0.15) is 33.6 Å². The van der Waals surface area contributed by atoms with Crippen LogP contribution in [0.15, 0.2) is 23.5 Å². The van der Waals surface area contributed by atoms with Gasteiger partial charge in [0.25, 0.3) is 0 Å². The Kier molecular flexibility index (Phi) is 5.63. The zero-order valence-electron chi connectivity index (χ0n) is 7.98. The molecule has 0 bridgehead atoms. The van der Waals surface area contributed by atoms with E-state index < -0.39 is 0 Å². The minimum Gasteiger partial charge on any atom is -0.497 e. The summed E-state index contributed by atoms with van der Waals surface area (Å²) >= 11 is 0. The lowest BCUT2D eigenvalue weighted by Crippen LogP contribution is -1.83. The Morgan fingerprint density at radius 3 is 2.45 bits per heavy atom. The van der Waals surface area contributed by atoms with Crippen LogP contribution in [0.5, 0.6) is 0 Å². The van der Waals surface area contributed by atoms with Crippen molar-refractivity contribution in [2.75, 3.05) is 7.11 Å². The third-order valence-electron chi connectivity index (χ3n) is 1.55. The minimum atomic E-state index is 0.955. The van der Waals surface area contributed by atoms with E-state index in [0.717, 1.165) is 12.2 Å². The Labute approximate surface area is 69.8 Å². The maximum Gasteiger partial charge on any atom is 0.114 e. The molecule has 0 aromatic heterocycles. The van der Waals surface area contributed by atoms with E-state index in [2.05, 4.69) is 19.9 Å². The molecular weight excluding hydrogens is 136 g/mol. The quantitative estimate of drug-likeness (QED) is 0.446. The molecule has 0 unspecified atom stereocenters. The SMILES string of the molecule is C/C=C(\C=C(/C)CCC)OC. The summed E-state index contributed by atoms with van der Waals surface area (Å²) in [7, 11) is 1.70. The topological polar surface area (TPSA) is 9.23 Å². The van der Waals surface area contributed by atoms with Gasteiger partial charge < -0.3 is 4.74 Å². The average molecular weight is 154 g/mol. The molecule has 1 heteroatoms. The molecule has 0 fully saturated rings. The number of ether oxygens (including phenoxy) is 1. The Bertz CT molecular complexity index is 154. The Morgan fingerprint density at radius 2 is 2.09 bits per heavy atom. The molecule has 0 amide bonds. The molecule has 0 saturated heterocycles. The fourth-order valence-electron chi connectivity index (χ4n) is 0.969. The van der Waals surface area contributed by atoms with Crippen LogP contribution < -0.4 is 0 Å². The van der Waals surface area contributed by atoms with E-state index in [9.17, 15) is 0 Å². The van der Waals surface area contributed by atoms with Crippen molar-refractivity contribution in [1.82, 2.24) is 0 Å². The Morgan fingerprint density at radius 1 is 1.45 bits per heavy atom. The first kappa shape index (κ1) is 10.3. The van der Waals surface area contributed by atoms with Crippen LogP contribution in [-0.4, -0.2) is 7.11 Å². The van der Waals surface area contributed by atoms with Gasteiger partial charge in [-0.05, 0) is 32.4 Å². The van der Waals surface area contributed by atoms with Crippen molar-refractivity contribution >= 4 is 0 Å². The van der Waals surface area contributed by atoms with Crippen LogP contribution in [0.4, 0.5) is 0 Å². The van der Waals surface area contributed by atoms with Crippen LogP contribution in [0.25, 0.3) is 0 Å². The summed E-state index contributed by atoms with van der Waals surface area (Å²) in [5.41, 5.74) is 1.38. The highest BCUT2D eigenvalue weighted by molar-refractivity contribution is 5.16. The highest BCUT2D eigenvalue weighted by Gasteiger charge is 1.90. The first-order chi connectivity index (χ1) is 5.24. The van der Waals surface area contributed by atoms with Crippen LogP contribution in [0, 0.1) is 0 Å². The second kappa shape index (κ2) is 6.02. The van der Waals surface area contributed by atoms with E-state index in [1.54, 1.807) is 7.11 Å². The number of hydrogen-bond donors (Lipinski definition) is 0. The fourth-order valence-corrected chi connectivity index (χ4v) is 0.969. The molecule has 0 aromatic rings. The summed E-state index contributed by atoms with van der Waals surface area (Å²) in [5, 5.41) is 0. The van der Waals surface area contributed by atoms with Crippen LogP contribution >= 0.6 is 0 Å². The summed E-state index contributed by atoms with van der Waals surface area (Å²) in [5.74, 6) is 0.955. The second-order valence-corrected chi connectivity index (χ2v) is 2.64. The Balaban J connectivity index is 4.04. The molecule has 0 radical (unpaired) electrons. The normalized spacial score (nSPS) is 13.5. The first-order valence-corrected chi connectivity index (χ1v) is 4.12. The van der Waals surface area contributed by atoms with Gasteiger partial charge in [0.1, 0.15) is 5.76 Å². The maximum atomic E-state index is 5.10. The predicted octanol–water partition coefficient (Wildman–Crippen LogP) is 3.28. The maximum absolute atomic E-state index is 5.10. The zero-order chi connectivity index (χ0) is 8.69. The minimum absolute atomic E-state index is 0.955. The van der Waals surface area contributed by atoms with Crippen molar-refractivity contribution < 1.29 is 4.74 Å². The highest BCUT2D eigenvalue weighted by atomic mass is 16.5. The number of methoxy groups -OCH3 is 1. The second-order valence-electron chi connectivity index (χ2n) is 2.64. The lowest BCUT2D eigenvalue weighted by molar-refractivity contribution is 0.305. The molecule has 64 valence electrons. The van der Waals surface area contributed by atoms with Gasteiger partial charge in [0.05, 0.1) is 7.11 Å². The van der Waals surface area contributed by atoms with Gasteiger partial charge in [-0.25, -0.2) is 0 Å². The van der Waals surface area contributed by atoms with Crippen molar-refractivity contribution in [2.24, 2.45) is 0 Å². The molecule has 0 heterocycles. The van der Waals surface area contributed by atoms with E-state index in [1.807, 2.05) is 13.0 Å². The number of hydrogen-bond acceptors (Lipinski definition) is 1. The molecule has 1 nitrogen and oxygen atoms in total. The lowest BCUT2D eigenvalue weighted by Gasteiger charge is -2.01. The third-order valence-corrected chi connectivity index (χ3v) is 1.55. The van der Waals surface area contributed by atoms with E-state index in [1.165, 1.54) is 12.0 Å². The molecule has 0 rings (SSSR count). The standard InChI is InChI=1S/C10H18O/c1-5-7-9(3)8-10(6-2)11-4/h6,8H,5,7H2,1-4H3/b9-8+,10-6+. The van der Waals surface area contributed by atoms with Crippen molar-refractivity contribution in [3.63, 3.8) is 0 Å². The fraction of sp³-hybridized carbons (Fsp3) is 0.600. The molecular formula is C10H18O. The summed E-state index contributed by atoms with van der Waals surface area (Å²) in [4.78, 5) is 0. The smallest absolute Gasteiger partial charge is 0.114 e. The average Bonchev–Trinajstić information content (AvgIpc) is 2.01. The molecule has 0 aliphatic rings.